The molecule has 0 unspecified atom stereocenters. The summed E-state index contributed by atoms with van der Waals surface area (Å²) in [5.74, 6) is -2.56. The van der Waals surface area contributed by atoms with Gasteiger partial charge in [0.25, 0.3) is 0 Å². The Balaban J connectivity index is 0.00000169. The first-order valence-electron chi connectivity index (χ1n) is 7.22. The molecule has 0 aliphatic carbocycles. The molecule has 2 aromatic heterocycles. The first-order valence-corrected chi connectivity index (χ1v) is 7.22. The molecule has 7 nitrogen and oxygen atoms in total. The number of imidazole rings is 1. The maximum atomic E-state index is 14.2. The number of carbonyl (C=O) groups is 1. The van der Waals surface area contributed by atoms with Crippen molar-refractivity contribution in [3.05, 3.63) is 41.9 Å². The van der Waals surface area contributed by atoms with Crippen molar-refractivity contribution in [1.82, 2.24) is 19.0 Å². The van der Waals surface area contributed by atoms with Crippen molar-refractivity contribution >= 4 is 41.7 Å². The van der Waals surface area contributed by atoms with Crippen LogP contribution in [-0.4, -0.2) is 49.3 Å². The Morgan fingerprint density at radius 3 is 2.50 bits per heavy atom. The molecule has 0 atom stereocenters. The van der Waals surface area contributed by atoms with Gasteiger partial charge in [0.1, 0.15) is 5.69 Å². The number of halogens is 3. The summed E-state index contributed by atoms with van der Waals surface area (Å²) in [5, 5.41) is 20.2. The topological polar surface area (TPSA) is 83.5 Å². The normalized spacial score (nSPS) is 10.7. The van der Waals surface area contributed by atoms with E-state index in [4.69, 9.17) is 0 Å². The van der Waals surface area contributed by atoms with Gasteiger partial charge in [-0.1, -0.05) is 0 Å². The molecule has 1 aromatic carbocycles. The maximum Gasteiger partial charge on any atom is 0.338 e. The van der Waals surface area contributed by atoms with Gasteiger partial charge in [-0.15, -0.1) is 24.8 Å². The number of aromatic nitrogens is 3. The Morgan fingerprint density at radius 1 is 1.35 bits per heavy atom. The van der Waals surface area contributed by atoms with Gasteiger partial charge in [-0.2, -0.15) is 0 Å². The van der Waals surface area contributed by atoms with E-state index in [1.807, 2.05) is 19.0 Å². The first kappa shape index (κ1) is 21.8. The number of carboxylic acids is 1. The van der Waals surface area contributed by atoms with E-state index in [0.29, 0.717) is 17.8 Å². The maximum absolute atomic E-state index is 14.2. The summed E-state index contributed by atoms with van der Waals surface area (Å²) >= 11 is 0. The SMILES string of the molecule is CN(C)Cc1c(C(=O)O)c2c(-n3ccnc3)c(O)c(F)cc2n1C.Cl.Cl. The number of aryl methyl sites for hydroxylation is 1. The van der Waals surface area contributed by atoms with E-state index in [2.05, 4.69) is 4.98 Å². The Kier molecular flexibility index (Phi) is 6.65. The van der Waals surface area contributed by atoms with Crippen LogP contribution in [-0.2, 0) is 13.6 Å². The lowest BCUT2D eigenvalue weighted by molar-refractivity contribution is 0.0696. The second-order valence-corrected chi connectivity index (χ2v) is 5.84. The van der Waals surface area contributed by atoms with Crippen molar-refractivity contribution in [2.75, 3.05) is 14.1 Å². The van der Waals surface area contributed by atoms with Crippen molar-refractivity contribution in [2.24, 2.45) is 7.05 Å². The second kappa shape index (κ2) is 7.94. The monoisotopic (exact) mass is 404 g/mol. The van der Waals surface area contributed by atoms with Gasteiger partial charge in [-0.3, -0.25) is 0 Å². The number of nitrogens with zero attached hydrogens (tertiary/aromatic N) is 4. The predicted molar refractivity (Wildman–Crippen MR) is 101 cm³/mol. The highest BCUT2D eigenvalue weighted by Crippen LogP contribution is 2.38. The lowest BCUT2D eigenvalue weighted by Crippen LogP contribution is -2.16. The second-order valence-electron chi connectivity index (χ2n) is 5.84. The molecule has 2 heterocycles. The molecule has 0 bridgehead atoms. The largest absolute Gasteiger partial charge is 0.503 e. The smallest absolute Gasteiger partial charge is 0.338 e. The molecular weight excluding hydrogens is 386 g/mol. The van der Waals surface area contributed by atoms with Crippen molar-refractivity contribution < 1.29 is 19.4 Å². The van der Waals surface area contributed by atoms with Crippen LogP contribution in [0.15, 0.2) is 24.8 Å². The molecule has 2 N–H and O–H groups in total. The minimum absolute atomic E-state index is 0. The van der Waals surface area contributed by atoms with Crippen LogP contribution in [0.3, 0.4) is 0 Å². The lowest BCUT2D eigenvalue weighted by Gasteiger charge is -2.11. The number of fused-ring (bicyclic) bond motifs is 1. The molecule has 0 saturated carbocycles. The van der Waals surface area contributed by atoms with Gasteiger partial charge >= 0.3 is 5.97 Å². The van der Waals surface area contributed by atoms with Crippen LogP contribution in [0.4, 0.5) is 4.39 Å². The van der Waals surface area contributed by atoms with Gasteiger partial charge in [0.15, 0.2) is 11.6 Å². The molecular formula is C16H19Cl2FN4O3. The number of phenols is 1. The molecule has 3 aromatic rings. The van der Waals surface area contributed by atoms with E-state index in [0.717, 1.165) is 6.07 Å². The number of phenolic OH excluding ortho intramolecular Hbond substituents is 1. The zero-order valence-corrected chi connectivity index (χ0v) is 15.9. The summed E-state index contributed by atoms with van der Waals surface area (Å²) < 4.78 is 17.3. The quantitative estimate of drug-likeness (QED) is 0.698. The molecule has 26 heavy (non-hydrogen) atoms. The van der Waals surface area contributed by atoms with Gasteiger partial charge in [0, 0.05) is 43.1 Å². The molecule has 0 amide bonds. The van der Waals surface area contributed by atoms with Crippen molar-refractivity contribution in [2.45, 2.75) is 6.54 Å². The van der Waals surface area contributed by atoms with E-state index in [-0.39, 0.29) is 41.5 Å². The Morgan fingerprint density at radius 2 is 2.00 bits per heavy atom. The van der Waals surface area contributed by atoms with Crippen LogP contribution in [0.2, 0.25) is 0 Å². The molecule has 0 fully saturated rings. The van der Waals surface area contributed by atoms with Crippen LogP contribution >= 0.6 is 24.8 Å². The van der Waals surface area contributed by atoms with Gasteiger partial charge in [0.2, 0.25) is 0 Å². The fraction of sp³-hybridized carbons (Fsp3) is 0.250. The van der Waals surface area contributed by atoms with E-state index >= 15 is 0 Å². The minimum atomic E-state index is -1.13. The van der Waals surface area contributed by atoms with Crippen LogP contribution in [0.25, 0.3) is 16.6 Å². The molecule has 0 saturated heterocycles. The van der Waals surface area contributed by atoms with E-state index < -0.39 is 17.5 Å². The van der Waals surface area contributed by atoms with Crippen molar-refractivity contribution in [3.8, 4) is 11.4 Å². The molecule has 142 valence electrons. The third kappa shape index (κ3) is 3.35. The van der Waals surface area contributed by atoms with Gasteiger partial charge < -0.3 is 24.2 Å². The van der Waals surface area contributed by atoms with Crippen molar-refractivity contribution in [1.29, 1.82) is 0 Å². The molecule has 0 radical (unpaired) electrons. The van der Waals surface area contributed by atoms with E-state index in [1.54, 1.807) is 11.6 Å². The van der Waals surface area contributed by atoms with Crippen LogP contribution < -0.4 is 0 Å². The standard InChI is InChI=1S/C16H17FN4O3.2ClH/c1-19(2)7-11-13(16(23)24)12-10(20(11)3)6-9(17)15(22)14(12)21-5-4-18-8-21;;/h4-6,8,22H,7H2,1-3H3,(H,23,24);2*1H. The molecule has 0 spiro atoms. The highest BCUT2D eigenvalue weighted by Gasteiger charge is 2.27. The van der Waals surface area contributed by atoms with Crippen molar-refractivity contribution in [3.63, 3.8) is 0 Å². The lowest BCUT2D eigenvalue weighted by atomic mass is 10.1. The Labute approximate surface area is 161 Å². The van der Waals surface area contributed by atoms with Crippen LogP contribution in [0, 0.1) is 5.82 Å². The van der Waals surface area contributed by atoms with Crippen LogP contribution in [0.5, 0.6) is 5.75 Å². The third-order valence-electron chi connectivity index (χ3n) is 3.95. The number of aromatic hydroxyl groups is 1. The molecule has 0 aliphatic rings. The number of carboxylic acid groups (broad SMARTS) is 1. The van der Waals surface area contributed by atoms with Gasteiger partial charge in [-0.25, -0.2) is 14.2 Å². The minimum Gasteiger partial charge on any atom is -0.503 e. The summed E-state index contributed by atoms with van der Waals surface area (Å²) in [6, 6.07) is 1.15. The highest BCUT2D eigenvalue weighted by molar-refractivity contribution is 6.09. The highest BCUT2D eigenvalue weighted by atomic mass is 35.5. The van der Waals surface area contributed by atoms with Crippen LogP contribution in [0.1, 0.15) is 16.1 Å². The predicted octanol–water partition coefficient (Wildman–Crippen LogP) is 2.81. The fourth-order valence-corrected chi connectivity index (χ4v) is 2.94. The zero-order valence-electron chi connectivity index (χ0n) is 14.3. The number of aromatic carboxylic acids is 1. The average molecular weight is 405 g/mol. The molecule has 0 aliphatic heterocycles. The number of benzene rings is 1. The summed E-state index contributed by atoms with van der Waals surface area (Å²) in [7, 11) is 5.32. The number of hydrogen-bond donors (Lipinski definition) is 2. The fourth-order valence-electron chi connectivity index (χ4n) is 2.94. The Hall–Kier alpha value is -2.29. The molecule has 10 heteroatoms. The van der Waals surface area contributed by atoms with E-state index in [1.165, 1.54) is 23.3 Å². The number of rotatable bonds is 4. The number of hydrogen-bond acceptors (Lipinski definition) is 4. The first-order chi connectivity index (χ1) is 11.3. The third-order valence-corrected chi connectivity index (χ3v) is 3.95. The summed E-state index contributed by atoms with van der Waals surface area (Å²) in [4.78, 5) is 17.6. The van der Waals surface area contributed by atoms with Gasteiger partial charge in [-0.05, 0) is 14.1 Å². The van der Waals surface area contributed by atoms with E-state index in [9.17, 15) is 19.4 Å². The summed E-state index contributed by atoms with van der Waals surface area (Å²) in [6.45, 7) is 0.360. The summed E-state index contributed by atoms with van der Waals surface area (Å²) in [5.41, 5.74) is 1.03. The summed E-state index contributed by atoms with van der Waals surface area (Å²) in [6.07, 6.45) is 4.39. The zero-order chi connectivity index (χ0) is 17.6. The average Bonchev–Trinajstić information content (AvgIpc) is 3.09. The Bertz CT molecular complexity index is 939. The van der Waals surface area contributed by atoms with Gasteiger partial charge in [0.05, 0.1) is 17.4 Å². The molecule has 3 rings (SSSR count).